The van der Waals surface area contributed by atoms with Gasteiger partial charge in [0.05, 0.1) is 15.2 Å². The first-order valence-corrected chi connectivity index (χ1v) is 10.1. The summed E-state index contributed by atoms with van der Waals surface area (Å²) < 4.78 is 0.884. The lowest BCUT2D eigenvalue weighted by atomic mass is 10.0. The van der Waals surface area contributed by atoms with E-state index < -0.39 is 0 Å². The molecule has 6 heteroatoms. The Labute approximate surface area is 171 Å². The van der Waals surface area contributed by atoms with Crippen molar-refractivity contribution in [1.29, 1.82) is 0 Å². The van der Waals surface area contributed by atoms with Gasteiger partial charge in [-0.15, -0.1) is 11.3 Å². The number of nitrogens with zero attached hydrogens (tertiary/aromatic N) is 1. The fourth-order valence-electron chi connectivity index (χ4n) is 2.61. The summed E-state index contributed by atoms with van der Waals surface area (Å²) in [5, 5.41) is 2.67. The number of carbonyl (C=O) groups excluding carboxylic acids is 2. The van der Waals surface area contributed by atoms with E-state index in [1.54, 1.807) is 18.0 Å². The van der Waals surface area contributed by atoms with Gasteiger partial charge < -0.3 is 10.2 Å². The molecule has 3 aromatic rings. The van der Waals surface area contributed by atoms with Gasteiger partial charge >= 0.3 is 0 Å². The second-order valence-corrected chi connectivity index (χ2v) is 8.56. The first-order valence-electron chi connectivity index (χ1n) is 8.45. The van der Waals surface area contributed by atoms with E-state index in [0.29, 0.717) is 11.4 Å². The van der Waals surface area contributed by atoms with Gasteiger partial charge in [-0.25, -0.2) is 0 Å². The predicted octanol–water partition coefficient (Wildman–Crippen LogP) is 4.57. The summed E-state index contributed by atoms with van der Waals surface area (Å²) in [6, 6.07) is 21.9. The molecule has 0 fully saturated rings. The van der Waals surface area contributed by atoms with Crippen molar-refractivity contribution < 1.29 is 9.59 Å². The van der Waals surface area contributed by atoms with E-state index in [2.05, 4.69) is 45.5 Å². The van der Waals surface area contributed by atoms with E-state index in [9.17, 15) is 9.59 Å². The molecule has 3 rings (SSSR count). The number of thiophene rings is 1. The predicted molar refractivity (Wildman–Crippen MR) is 113 cm³/mol. The Balaban J connectivity index is 1.52. The molecule has 2 amide bonds. The van der Waals surface area contributed by atoms with Crippen LogP contribution >= 0.6 is 27.3 Å². The van der Waals surface area contributed by atoms with E-state index >= 15 is 0 Å². The van der Waals surface area contributed by atoms with E-state index in [-0.39, 0.29) is 18.4 Å². The molecule has 0 aliphatic rings. The molecule has 0 unspecified atom stereocenters. The zero-order valence-corrected chi connectivity index (χ0v) is 17.2. The summed E-state index contributed by atoms with van der Waals surface area (Å²) in [5.41, 5.74) is 3.35. The van der Waals surface area contributed by atoms with Crippen LogP contribution < -0.4 is 5.32 Å². The number of rotatable bonds is 6. The molecule has 138 valence electrons. The fourth-order valence-corrected chi connectivity index (χ4v) is 3.91. The highest BCUT2D eigenvalue weighted by molar-refractivity contribution is 9.11. The third kappa shape index (κ3) is 5.28. The lowest BCUT2D eigenvalue weighted by Gasteiger charge is -2.18. The van der Waals surface area contributed by atoms with Gasteiger partial charge in [-0.3, -0.25) is 9.59 Å². The van der Waals surface area contributed by atoms with E-state index in [4.69, 9.17) is 0 Å². The summed E-state index contributed by atoms with van der Waals surface area (Å²) in [4.78, 5) is 26.5. The van der Waals surface area contributed by atoms with E-state index in [1.807, 2.05) is 36.4 Å². The Kier molecular flexibility index (Phi) is 6.42. The third-order valence-corrected chi connectivity index (χ3v) is 5.73. The van der Waals surface area contributed by atoms with Gasteiger partial charge in [-0.05, 0) is 44.8 Å². The van der Waals surface area contributed by atoms with Crippen LogP contribution in [0.5, 0.6) is 0 Å². The van der Waals surface area contributed by atoms with Crippen molar-refractivity contribution in [3.63, 3.8) is 0 Å². The van der Waals surface area contributed by atoms with Crippen molar-refractivity contribution in [1.82, 2.24) is 10.2 Å². The minimum atomic E-state index is -0.236. The van der Waals surface area contributed by atoms with Crippen LogP contribution in [0, 0.1) is 0 Å². The van der Waals surface area contributed by atoms with E-state index in [0.717, 1.165) is 20.5 Å². The van der Waals surface area contributed by atoms with Gasteiger partial charge in [0.1, 0.15) is 0 Å². The number of benzene rings is 2. The Bertz CT molecular complexity index is 923. The molecule has 0 saturated carbocycles. The van der Waals surface area contributed by atoms with Crippen LogP contribution in [0.15, 0.2) is 70.5 Å². The number of likely N-dealkylation sites (N-methyl/N-ethyl adjacent to an activating group) is 1. The smallest absolute Gasteiger partial charge is 0.261 e. The number of halogens is 1. The summed E-state index contributed by atoms with van der Waals surface area (Å²) in [5.74, 6) is -0.370. The zero-order valence-electron chi connectivity index (χ0n) is 14.8. The maximum Gasteiger partial charge on any atom is 0.261 e. The number of hydrogen-bond acceptors (Lipinski definition) is 3. The average Bonchev–Trinajstić information content (AvgIpc) is 3.13. The average molecular weight is 443 g/mol. The molecule has 0 saturated heterocycles. The van der Waals surface area contributed by atoms with Gasteiger partial charge in [0.2, 0.25) is 5.91 Å². The SMILES string of the molecule is CN(Cc1ccc(-c2ccccc2)cc1)C(=O)CNC(=O)c1ccc(Br)s1. The minimum Gasteiger partial charge on any atom is -0.342 e. The summed E-state index contributed by atoms with van der Waals surface area (Å²) in [6.07, 6.45) is 0. The Hall–Kier alpha value is -2.44. The first-order chi connectivity index (χ1) is 13.0. The molecule has 0 spiro atoms. The van der Waals surface area contributed by atoms with Crippen LogP contribution in [0.1, 0.15) is 15.2 Å². The summed E-state index contributed by atoms with van der Waals surface area (Å²) in [7, 11) is 1.74. The second-order valence-electron chi connectivity index (χ2n) is 6.10. The molecular formula is C21H19BrN2O2S. The van der Waals surface area contributed by atoms with Crippen LogP contribution in [0.2, 0.25) is 0 Å². The van der Waals surface area contributed by atoms with Gasteiger partial charge in [0.15, 0.2) is 0 Å². The van der Waals surface area contributed by atoms with Crippen molar-refractivity contribution in [2.24, 2.45) is 0 Å². The monoisotopic (exact) mass is 442 g/mol. The molecule has 1 aromatic heterocycles. The first kappa shape index (κ1) is 19.3. The van der Waals surface area contributed by atoms with Crippen LogP contribution in [0.4, 0.5) is 0 Å². The van der Waals surface area contributed by atoms with Crippen LogP contribution in [0.3, 0.4) is 0 Å². The van der Waals surface area contributed by atoms with Crippen LogP contribution in [-0.4, -0.2) is 30.3 Å². The molecule has 1 heterocycles. The van der Waals surface area contributed by atoms with Gasteiger partial charge in [-0.2, -0.15) is 0 Å². The van der Waals surface area contributed by atoms with Crippen molar-refractivity contribution in [3.8, 4) is 11.1 Å². The third-order valence-electron chi connectivity index (χ3n) is 4.10. The highest BCUT2D eigenvalue weighted by Crippen LogP contribution is 2.22. The van der Waals surface area contributed by atoms with Crippen LogP contribution in [0.25, 0.3) is 11.1 Å². The van der Waals surface area contributed by atoms with Crippen molar-refractivity contribution in [3.05, 3.63) is 81.0 Å². The zero-order chi connectivity index (χ0) is 19.2. The van der Waals surface area contributed by atoms with Crippen molar-refractivity contribution in [2.75, 3.05) is 13.6 Å². The molecule has 0 bridgehead atoms. The highest BCUT2D eigenvalue weighted by Gasteiger charge is 2.13. The molecule has 4 nitrogen and oxygen atoms in total. The molecule has 2 aromatic carbocycles. The van der Waals surface area contributed by atoms with Crippen LogP contribution in [-0.2, 0) is 11.3 Å². The quantitative estimate of drug-likeness (QED) is 0.607. The fraction of sp³-hybridized carbons (Fsp3) is 0.143. The maximum absolute atomic E-state index is 12.3. The minimum absolute atomic E-state index is 0.0209. The Morgan fingerprint density at radius 3 is 2.26 bits per heavy atom. The second kappa shape index (κ2) is 8.97. The number of carbonyl (C=O) groups is 2. The number of nitrogens with one attached hydrogen (secondary N) is 1. The lowest BCUT2D eigenvalue weighted by Crippen LogP contribution is -2.37. The highest BCUT2D eigenvalue weighted by atomic mass is 79.9. The number of hydrogen-bond donors (Lipinski definition) is 1. The molecule has 0 aliphatic heterocycles. The van der Waals surface area contributed by atoms with Gasteiger partial charge in [-0.1, -0.05) is 54.6 Å². The maximum atomic E-state index is 12.3. The van der Waals surface area contributed by atoms with E-state index in [1.165, 1.54) is 11.3 Å². The Morgan fingerprint density at radius 2 is 1.63 bits per heavy atom. The summed E-state index contributed by atoms with van der Waals surface area (Å²) in [6.45, 7) is 0.473. The van der Waals surface area contributed by atoms with Gasteiger partial charge in [0, 0.05) is 13.6 Å². The topological polar surface area (TPSA) is 49.4 Å². The lowest BCUT2D eigenvalue weighted by molar-refractivity contribution is -0.129. The van der Waals surface area contributed by atoms with Crippen molar-refractivity contribution >= 4 is 39.1 Å². The van der Waals surface area contributed by atoms with Gasteiger partial charge in [0.25, 0.3) is 5.91 Å². The van der Waals surface area contributed by atoms with Crippen molar-refractivity contribution in [2.45, 2.75) is 6.54 Å². The molecule has 27 heavy (non-hydrogen) atoms. The number of amides is 2. The largest absolute Gasteiger partial charge is 0.342 e. The standard InChI is InChI=1S/C21H19BrN2O2S/c1-24(20(25)13-23-21(26)18-11-12-19(22)27-18)14-15-7-9-17(10-8-15)16-5-3-2-4-6-16/h2-12H,13-14H2,1H3,(H,23,26). The Morgan fingerprint density at radius 1 is 0.963 bits per heavy atom. The molecular weight excluding hydrogens is 424 g/mol. The molecule has 0 atom stereocenters. The molecule has 1 N–H and O–H groups in total. The molecule has 0 radical (unpaired) electrons. The normalized spacial score (nSPS) is 10.4. The summed E-state index contributed by atoms with van der Waals surface area (Å²) >= 11 is 4.66. The molecule has 0 aliphatic carbocycles.